The molecule has 15 heteroatoms. The average Bonchev–Trinajstić information content (AvgIpc) is 2.53. The van der Waals surface area contributed by atoms with Gasteiger partial charge in [0, 0.05) is 11.1 Å². The van der Waals surface area contributed by atoms with Gasteiger partial charge in [-0.05, 0) is 24.3 Å². The molecule has 2 aromatic rings. The van der Waals surface area contributed by atoms with Crippen molar-refractivity contribution in [1.29, 1.82) is 0 Å². The molecular formula is C14H10NiO12S2. The molecule has 12 nitrogen and oxygen atoms in total. The van der Waals surface area contributed by atoms with Crippen LogP contribution in [0.25, 0.3) is 0 Å². The number of carboxylic acid groups (broad SMARTS) is 2. The minimum atomic E-state index is -4.72. The Balaban J connectivity index is 0.000000523. The van der Waals surface area contributed by atoms with Gasteiger partial charge in [-0.1, -0.05) is 24.3 Å². The van der Waals surface area contributed by atoms with Gasteiger partial charge in [0.15, 0.2) is 11.5 Å². The molecule has 0 amide bonds. The second kappa shape index (κ2) is 10.7. The molecule has 2 N–H and O–H groups in total. The first-order valence-corrected chi connectivity index (χ1v) is 9.47. The van der Waals surface area contributed by atoms with Crippen LogP contribution in [0.1, 0.15) is 20.7 Å². The number of carbonyl (C=O) groups is 2. The molecule has 0 unspecified atom stereocenters. The van der Waals surface area contributed by atoms with Gasteiger partial charge < -0.3 is 28.2 Å². The molecule has 160 valence electrons. The number of benzene rings is 2. The Labute approximate surface area is 174 Å². The summed E-state index contributed by atoms with van der Waals surface area (Å²) < 4.78 is 65.8. The van der Waals surface area contributed by atoms with E-state index in [1.54, 1.807) is 0 Å². The van der Waals surface area contributed by atoms with Crippen molar-refractivity contribution in [2.75, 3.05) is 0 Å². The van der Waals surface area contributed by atoms with Gasteiger partial charge >= 0.3 is 37.3 Å². The Kier molecular flexibility index (Phi) is 9.73. The van der Waals surface area contributed by atoms with Crippen LogP contribution in [-0.2, 0) is 37.3 Å². The number of para-hydroxylation sites is 2. The van der Waals surface area contributed by atoms with E-state index in [9.17, 15) is 36.6 Å². The van der Waals surface area contributed by atoms with Gasteiger partial charge in [0.05, 0.1) is 11.9 Å². The van der Waals surface area contributed by atoms with Crippen LogP contribution in [0.4, 0.5) is 0 Å². The third kappa shape index (κ3) is 9.87. The summed E-state index contributed by atoms with van der Waals surface area (Å²) in [5.41, 5.74) is -0.907. The zero-order valence-corrected chi connectivity index (χ0v) is 16.3. The molecule has 2 rings (SSSR count). The third-order valence-corrected chi connectivity index (χ3v) is 3.38. The molecule has 0 saturated carbocycles. The SMILES string of the molecule is O=C([O-])c1ccccc1OS(=O)(=O)O.O=C([O-])c1ccccc1OS(=O)(=O)O.[Ni+2]. The van der Waals surface area contributed by atoms with Crippen LogP contribution in [0.2, 0.25) is 0 Å². The predicted octanol–water partition coefficient (Wildman–Crippen LogP) is -1.54. The van der Waals surface area contributed by atoms with Crippen molar-refractivity contribution >= 4 is 32.7 Å². The number of rotatable bonds is 6. The van der Waals surface area contributed by atoms with E-state index in [0.29, 0.717) is 0 Å². The molecule has 0 aliphatic heterocycles. The van der Waals surface area contributed by atoms with Gasteiger partial charge in [0.25, 0.3) is 0 Å². The van der Waals surface area contributed by atoms with E-state index < -0.39 is 55.4 Å². The molecule has 0 atom stereocenters. The first-order chi connectivity index (χ1) is 12.8. The maximum absolute atomic E-state index is 10.4. The maximum Gasteiger partial charge on any atom is 2.00 e. The van der Waals surface area contributed by atoms with Crippen LogP contribution in [0.3, 0.4) is 0 Å². The first-order valence-electron chi connectivity index (χ1n) is 6.74. The average molecular weight is 493 g/mol. The third-order valence-electron chi connectivity index (χ3n) is 2.60. The van der Waals surface area contributed by atoms with E-state index >= 15 is 0 Å². The molecule has 0 radical (unpaired) electrons. The minimum Gasteiger partial charge on any atom is -0.545 e. The number of carboxylic acids is 2. The fraction of sp³-hybridized carbons (Fsp3) is 0. The van der Waals surface area contributed by atoms with E-state index in [1.807, 2.05) is 0 Å². The summed E-state index contributed by atoms with van der Waals surface area (Å²) in [7, 11) is -9.45. The Hall–Kier alpha value is -2.71. The van der Waals surface area contributed by atoms with E-state index in [0.717, 1.165) is 24.3 Å². The van der Waals surface area contributed by atoms with E-state index in [4.69, 9.17) is 9.11 Å². The van der Waals surface area contributed by atoms with Crippen LogP contribution in [0.5, 0.6) is 11.5 Å². The Morgan fingerprint density at radius 2 is 0.966 bits per heavy atom. The fourth-order valence-electron chi connectivity index (χ4n) is 1.64. The fourth-order valence-corrected chi connectivity index (χ4v) is 2.39. The second-order valence-electron chi connectivity index (χ2n) is 4.59. The van der Waals surface area contributed by atoms with Crippen molar-refractivity contribution in [2.24, 2.45) is 0 Å². The second-order valence-corrected chi connectivity index (χ2v) is 6.63. The van der Waals surface area contributed by atoms with Crippen LogP contribution in [0, 0.1) is 0 Å². The van der Waals surface area contributed by atoms with E-state index in [-0.39, 0.29) is 16.5 Å². The normalized spacial score (nSPS) is 10.6. The van der Waals surface area contributed by atoms with Crippen LogP contribution < -0.4 is 18.6 Å². The van der Waals surface area contributed by atoms with Gasteiger partial charge in [-0.15, -0.1) is 0 Å². The summed E-state index contributed by atoms with van der Waals surface area (Å²) in [5, 5.41) is 20.9. The Morgan fingerprint density at radius 3 is 1.21 bits per heavy atom. The van der Waals surface area contributed by atoms with Gasteiger partial charge in [-0.3, -0.25) is 9.11 Å². The molecule has 0 aromatic heterocycles. The van der Waals surface area contributed by atoms with Crippen molar-refractivity contribution in [2.45, 2.75) is 0 Å². The molecule has 0 saturated heterocycles. The minimum absolute atomic E-state index is 0. The smallest absolute Gasteiger partial charge is 0.545 e. The van der Waals surface area contributed by atoms with Gasteiger partial charge in [-0.2, -0.15) is 16.8 Å². The van der Waals surface area contributed by atoms with Gasteiger partial charge in [0.2, 0.25) is 0 Å². The number of hydrogen-bond donors (Lipinski definition) is 2. The van der Waals surface area contributed by atoms with Crippen molar-refractivity contribution in [1.82, 2.24) is 0 Å². The van der Waals surface area contributed by atoms with Gasteiger partial charge in [0.1, 0.15) is 0 Å². The number of carbonyl (C=O) groups excluding carboxylic acids is 2. The van der Waals surface area contributed by atoms with Gasteiger partial charge in [-0.25, -0.2) is 0 Å². The largest absolute Gasteiger partial charge is 2.00 e. The first kappa shape index (κ1) is 26.3. The maximum atomic E-state index is 10.4. The quantitative estimate of drug-likeness (QED) is 0.347. The van der Waals surface area contributed by atoms with E-state index in [1.165, 1.54) is 24.3 Å². The summed E-state index contributed by atoms with van der Waals surface area (Å²) in [6.07, 6.45) is 0. The zero-order chi connectivity index (χ0) is 21.5. The molecule has 0 aliphatic rings. The topological polar surface area (TPSA) is 207 Å². The monoisotopic (exact) mass is 492 g/mol. The molecule has 2 aromatic carbocycles. The molecule has 0 bridgehead atoms. The Morgan fingerprint density at radius 1 is 0.690 bits per heavy atom. The molecule has 0 aliphatic carbocycles. The molecule has 0 heterocycles. The van der Waals surface area contributed by atoms with Crippen molar-refractivity contribution in [3.63, 3.8) is 0 Å². The summed E-state index contributed by atoms with van der Waals surface area (Å²) in [6, 6.07) is 9.79. The van der Waals surface area contributed by atoms with Crippen LogP contribution in [0.15, 0.2) is 48.5 Å². The summed E-state index contributed by atoms with van der Waals surface area (Å²) in [4.78, 5) is 20.9. The van der Waals surface area contributed by atoms with Crippen molar-refractivity contribution in [3.8, 4) is 11.5 Å². The summed E-state index contributed by atoms with van der Waals surface area (Å²) in [5.74, 6) is -4.17. The van der Waals surface area contributed by atoms with Crippen LogP contribution >= 0.6 is 0 Å². The standard InChI is InChI=1S/2C7H6O6S.Ni/c2*8-7(9)5-3-1-2-4-6(5)13-14(10,11)12;/h2*1-4H,(H,8,9)(H,10,11,12);/q;;+2/p-2. The number of aromatic carboxylic acids is 2. The molecule has 29 heavy (non-hydrogen) atoms. The molecule has 0 spiro atoms. The Bertz CT molecular complexity index is 992. The summed E-state index contributed by atoms with van der Waals surface area (Å²) >= 11 is 0. The van der Waals surface area contributed by atoms with Crippen molar-refractivity contribution in [3.05, 3.63) is 59.7 Å². The number of hydrogen-bond acceptors (Lipinski definition) is 10. The predicted molar refractivity (Wildman–Crippen MR) is 85.9 cm³/mol. The zero-order valence-electron chi connectivity index (χ0n) is 13.7. The van der Waals surface area contributed by atoms with E-state index in [2.05, 4.69) is 8.37 Å². The van der Waals surface area contributed by atoms with Crippen molar-refractivity contribution < 1.29 is 70.6 Å². The summed E-state index contributed by atoms with van der Waals surface area (Å²) in [6.45, 7) is 0. The molecule has 0 fully saturated rings. The van der Waals surface area contributed by atoms with Crippen LogP contribution in [-0.4, -0.2) is 37.9 Å². The molecular weight excluding hydrogens is 483 g/mol.